The number of rotatable bonds is 5. The summed E-state index contributed by atoms with van der Waals surface area (Å²) in [5.41, 5.74) is 5.27. The molecule has 0 amide bonds. The second-order valence-electron chi connectivity index (χ2n) is 3.87. The number of anilines is 1. The molecule has 6 nitrogen and oxygen atoms in total. The first-order chi connectivity index (χ1) is 9.19. The fourth-order valence-corrected chi connectivity index (χ4v) is 2.46. The highest BCUT2D eigenvalue weighted by Crippen LogP contribution is 2.17. The minimum Gasteiger partial charge on any atom is -0.468 e. The summed E-state index contributed by atoms with van der Waals surface area (Å²) in [6.07, 6.45) is 0. The van der Waals surface area contributed by atoms with Gasteiger partial charge < -0.3 is 10.5 Å². The Bertz CT molecular complexity index is 646. The van der Waals surface area contributed by atoms with Gasteiger partial charge in [0.2, 0.25) is 10.0 Å². The number of hydrogen-bond donors (Lipinski definition) is 2. The predicted octanol–water partition coefficient (Wildman–Crippen LogP) is 0.763. The molecule has 1 atom stereocenters. The molecule has 0 aliphatic heterocycles. The lowest BCUT2D eigenvalue weighted by Crippen LogP contribution is -2.33. The molecule has 1 aromatic rings. The fourth-order valence-electron chi connectivity index (χ4n) is 1.32. The number of benzene rings is 1. The van der Waals surface area contributed by atoms with Gasteiger partial charge in [-0.1, -0.05) is 12.2 Å². The molecular weight excluding hydrogens is 307 g/mol. The maximum Gasteiger partial charge on any atom is 0.325 e. The van der Waals surface area contributed by atoms with Crippen molar-refractivity contribution in [2.24, 2.45) is 5.73 Å². The Morgan fingerprint density at radius 3 is 2.60 bits per heavy atom. The number of halogens is 1. The van der Waals surface area contributed by atoms with Gasteiger partial charge in [0.25, 0.3) is 0 Å². The third-order valence-electron chi connectivity index (χ3n) is 2.49. The number of sulfonamides is 1. The molecule has 1 unspecified atom stereocenters. The number of carbonyl (C=O) groups excluding carboxylic acids is 1. The summed E-state index contributed by atoms with van der Waals surface area (Å²) in [5.74, 6) is -1.57. The van der Waals surface area contributed by atoms with Crippen LogP contribution in [-0.4, -0.2) is 31.7 Å². The molecule has 0 heterocycles. The second kappa shape index (κ2) is 6.14. The molecule has 110 valence electrons. The molecule has 0 aliphatic carbocycles. The van der Waals surface area contributed by atoms with Gasteiger partial charge in [-0.3, -0.25) is 9.52 Å². The van der Waals surface area contributed by atoms with E-state index in [4.69, 9.17) is 5.73 Å². The average Bonchev–Trinajstić information content (AvgIpc) is 2.38. The minimum absolute atomic E-state index is 0.0463. The van der Waals surface area contributed by atoms with Crippen molar-refractivity contribution in [2.45, 2.75) is 12.2 Å². The monoisotopic (exact) mass is 320 g/mol. The van der Waals surface area contributed by atoms with Gasteiger partial charge in [-0.25, -0.2) is 12.8 Å². The number of methoxy groups -OCH3 is 1. The van der Waals surface area contributed by atoms with Crippen molar-refractivity contribution in [3.8, 4) is 0 Å². The zero-order valence-corrected chi connectivity index (χ0v) is 12.3. The van der Waals surface area contributed by atoms with Crippen LogP contribution in [0.1, 0.15) is 12.5 Å². The number of hydrogen-bond acceptors (Lipinski definition) is 5. The fraction of sp³-hybridized carbons (Fsp3) is 0.273. The van der Waals surface area contributed by atoms with Gasteiger partial charge in [0, 0.05) is 11.3 Å². The molecule has 0 aliphatic rings. The van der Waals surface area contributed by atoms with Crippen LogP contribution >= 0.6 is 12.2 Å². The van der Waals surface area contributed by atoms with Gasteiger partial charge in [0.05, 0.1) is 7.11 Å². The maximum atomic E-state index is 13.4. The molecule has 0 radical (unpaired) electrons. The van der Waals surface area contributed by atoms with Crippen LogP contribution in [0.2, 0.25) is 0 Å². The zero-order valence-electron chi connectivity index (χ0n) is 10.7. The quantitative estimate of drug-likeness (QED) is 0.614. The largest absolute Gasteiger partial charge is 0.468 e. The molecule has 0 saturated carbocycles. The van der Waals surface area contributed by atoms with Crippen molar-refractivity contribution in [3.63, 3.8) is 0 Å². The smallest absolute Gasteiger partial charge is 0.325 e. The number of esters is 1. The van der Waals surface area contributed by atoms with E-state index in [1.54, 1.807) is 0 Å². The van der Waals surface area contributed by atoms with E-state index in [0.29, 0.717) is 0 Å². The summed E-state index contributed by atoms with van der Waals surface area (Å²) < 4.78 is 43.7. The standard InChI is InChI=1S/C11H13FN2O4S2/c1-6(11(15)18-2)20(16,17)14-7-3-4-9(12)8(5-7)10(13)19/h3-6,14H,1-2H3,(H2,13,19). The molecule has 9 heteroatoms. The van der Waals surface area contributed by atoms with E-state index >= 15 is 0 Å². The molecule has 1 aromatic carbocycles. The average molecular weight is 320 g/mol. The molecule has 0 bridgehead atoms. The first kappa shape index (κ1) is 16.3. The second-order valence-corrected chi connectivity index (χ2v) is 6.31. The summed E-state index contributed by atoms with van der Waals surface area (Å²) in [4.78, 5) is 11.0. The molecule has 1 rings (SSSR count). The molecule has 20 heavy (non-hydrogen) atoms. The van der Waals surface area contributed by atoms with E-state index in [2.05, 4.69) is 21.7 Å². The van der Waals surface area contributed by atoms with Gasteiger partial charge in [0.1, 0.15) is 10.8 Å². The predicted molar refractivity (Wildman–Crippen MR) is 76.3 cm³/mol. The van der Waals surface area contributed by atoms with Gasteiger partial charge in [-0.2, -0.15) is 0 Å². The normalized spacial score (nSPS) is 12.6. The van der Waals surface area contributed by atoms with Crippen LogP contribution in [0.5, 0.6) is 0 Å². The van der Waals surface area contributed by atoms with Crippen LogP contribution in [0.4, 0.5) is 10.1 Å². The van der Waals surface area contributed by atoms with E-state index in [0.717, 1.165) is 19.2 Å². The number of carbonyl (C=O) groups is 1. The van der Waals surface area contributed by atoms with Crippen molar-refractivity contribution in [3.05, 3.63) is 29.6 Å². The Morgan fingerprint density at radius 1 is 1.50 bits per heavy atom. The topological polar surface area (TPSA) is 98.5 Å². The lowest BCUT2D eigenvalue weighted by molar-refractivity contribution is -0.139. The van der Waals surface area contributed by atoms with E-state index in [1.807, 2.05) is 0 Å². The van der Waals surface area contributed by atoms with Crippen molar-refractivity contribution < 1.29 is 22.3 Å². The van der Waals surface area contributed by atoms with E-state index in [-0.39, 0.29) is 16.2 Å². The molecule has 3 N–H and O–H groups in total. The molecule has 0 aromatic heterocycles. The SMILES string of the molecule is COC(=O)C(C)S(=O)(=O)Nc1ccc(F)c(C(N)=S)c1. The molecular formula is C11H13FN2O4S2. The number of nitrogens with one attached hydrogen (secondary N) is 1. The van der Waals surface area contributed by atoms with Crippen molar-refractivity contribution >= 4 is 38.9 Å². The summed E-state index contributed by atoms with van der Waals surface area (Å²) in [6.45, 7) is 1.17. The highest BCUT2D eigenvalue weighted by atomic mass is 32.2. The molecule has 0 spiro atoms. The van der Waals surface area contributed by atoms with Crippen molar-refractivity contribution in [2.75, 3.05) is 11.8 Å². The first-order valence-electron chi connectivity index (χ1n) is 5.38. The van der Waals surface area contributed by atoms with Crippen LogP contribution in [0.3, 0.4) is 0 Å². The van der Waals surface area contributed by atoms with Gasteiger partial charge in [-0.15, -0.1) is 0 Å². The number of ether oxygens (including phenoxy) is 1. The first-order valence-corrected chi connectivity index (χ1v) is 7.33. The molecule has 0 saturated heterocycles. The summed E-state index contributed by atoms with van der Waals surface area (Å²) in [7, 11) is -2.93. The molecule has 0 fully saturated rings. The van der Waals surface area contributed by atoms with E-state index in [1.165, 1.54) is 13.0 Å². The lowest BCUT2D eigenvalue weighted by Gasteiger charge is -2.13. The van der Waals surface area contributed by atoms with Crippen LogP contribution in [0.15, 0.2) is 18.2 Å². The van der Waals surface area contributed by atoms with E-state index < -0.39 is 27.1 Å². The Morgan fingerprint density at radius 2 is 2.10 bits per heavy atom. The van der Waals surface area contributed by atoms with E-state index in [9.17, 15) is 17.6 Å². The van der Waals surface area contributed by atoms with Crippen molar-refractivity contribution in [1.82, 2.24) is 0 Å². The Hall–Kier alpha value is -1.74. The third kappa shape index (κ3) is 3.64. The number of nitrogens with two attached hydrogens (primary N) is 1. The van der Waals surface area contributed by atoms with Crippen LogP contribution in [0, 0.1) is 5.82 Å². The lowest BCUT2D eigenvalue weighted by atomic mass is 10.2. The van der Waals surface area contributed by atoms with Crippen LogP contribution in [0.25, 0.3) is 0 Å². The summed E-state index contributed by atoms with van der Waals surface area (Å²) in [6, 6.07) is 3.37. The highest BCUT2D eigenvalue weighted by Gasteiger charge is 2.29. The third-order valence-corrected chi connectivity index (χ3v) is 4.35. The Labute approximate surface area is 121 Å². The van der Waals surface area contributed by atoms with Crippen LogP contribution in [-0.2, 0) is 19.6 Å². The van der Waals surface area contributed by atoms with Gasteiger partial charge in [0.15, 0.2) is 5.25 Å². The maximum absolute atomic E-state index is 13.4. The zero-order chi connectivity index (χ0) is 15.5. The van der Waals surface area contributed by atoms with Crippen molar-refractivity contribution in [1.29, 1.82) is 0 Å². The highest BCUT2D eigenvalue weighted by molar-refractivity contribution is 7.94. The van der Waals surface area contributed by atoms with Crippen LogP contribution < -0.4 is 10.5 Å². The summed E-state index contributed by atoms with van der Waals surface area (Å²) >= 11 is 4.65. The summed E-state index contributed by atoms with van der Waals surface area (Å²) in [5, 5.41) is -1.41. The van der Waals surface area contributed by atoms with Gasteiger partial charge in [-0.05, 0) is 25.1 Å². The Balaban J connectivity index is 3.07. The minimum atomic E-state index is -4.01. The Kier molecular flexibility index (Phi) is 5.01. The number of thiocarbonyl (C=S) groups is 1. The van der Waals surface area contributed by atoms with Gasteiger partial charge >= 0.3 is 5.97 Å².